The maximum atomic E-state index is 16.1. The van der Waals surface area contributed by atoms with Crippen LogP contribution in [0.2, 0.25) is 0 Å². The number of alkyl halides is 3. The molecular formula is C30H24BrF4N5O3. The highest BCUT2D eigenvalue weighted by Crippen LogP contribution is 2.41. The van der Waals surface area contributed by atoms with E-state index in [2.05, 4.69) is 25.9 Å². The van der Waals surface area contributed by atoms with Gasteiger partial charge in [0.1, 0.15) is 11.3 Å². The van der Waals surface area contributed by atoms with E-state index in [-0.39, 0.29) is 52.1 Å². The van der Waals surface area contributed by atoms with Crippen LogP contribution < -0.4 is 9.64 Å². The second kappa shape index (κ2) is 11.4. The molecule has 2 bridgehead atoms. The van der Waals surface area contributed by atoms with Gasteiger partial charge in [0.05, 0.1) is 28.0 Å². The summed E-state index contributed by atoms with van der Waals surface area (Å²) in [5.74, 6) is -0.697. The Balaban J connectivity index is 1.52. The summed E-state index contributed by atoms with van der Waals surface area (Å²) >= 11 is 3.29. The van der Waals surface area contributed by atoms with Crippen LogP contribution in [0.3, 0.4) is 0 Å². The number of amides is 1. The molecule has 2 aliphatic rings. The van der Waals surface area contributed by atoms with Crippen molar-refractivity contribution in [3.63, 3.8) is 0 Å². The number of benzene rings is 3. The van der Waals surface area contributed by atoms with Gasteiger partial charge in [0.2, 0.25) is 0 Å². The first kappa shape index (κ1) is 28.8. The van der Waals surface area contributed by atoms with Crippen LogP contribution in [0.4, 0.5) is 33.9 Å². The average molecular weight is 658 g/mol. The molecule has 13 heteroatoms. The van der Waals surface area contributed by atoms with Crippen LogP contribution in [0.25, 0.3) is 10.9 Å². The van der Waals surface area contributed by atoms with Gasteiger partial charge in [0.15, 0.2) is 12.4 Å². The Morgan fingerprint density at radius 1 is 1.00 bits per heavy atom. The van der Waals surface area contributed by atoms with E-state index in [1.54, 1.807) is 11.0 Å². The summed E-state index contributed by atoms with van der Waals surface area (Å²) in [6, 6.07) is 19.0. The van der Waals surface area contributed by atoms with Crippen LogP contribution in [0.5, 0.6) is 6.01 Å². The predicted octanol–water partition coefficient (Wildman–Crippen LogP) is 6.97. The number of hydrogen-bond acceptors (Lipinski definition) is 6. The molecule has 0 aliphatic carbocycles. The van der Waals surface area contributed by atoms with Crippen molar-refractivity contribution in [2.24, 2.45) is 4.99 Å². The molecule has 4 aromatic rings. The number of piperazine rings is 1. The molecule has 0 unspecified atom stereocenters. The number of fused-ring (bicyclic) bond motifs is 3. The fourth-order valence-electron chi connectivity index (χ4n) is 5.68. The normalized spacial score (nSPS) is 18.2. The third-order valence-electron chi connectivity index (χ3n) is 7.51. The second-order valence-corrected chi connectivity index (χ2v) is 11.1. The monoisotopic (exact) mass is 657 g/mol. The summed E-state index contributed by atoms with van der Waals surface area (Å²) in [6.45, 7) is -1.20. The Morgan fingerprint density at radius 3 is 2.12 bits per heavy atom. The lowest BCUT2D eigenvalue weighted by Gasteiger charge is -2.40. The number of carboxylic acid groups (broad SMARTS) is 1. The molecule has 1 N–H and O–H groups in total. The van der Waals surface area contributed by atoms with E-state index in [1.165, 1.54) is 4.90 Å². The Labute approximate surface area is 251 Å². The topological polar surface area (TPSA) is 91.2 Å². The lowest BCUT2D eigenvalue weighted by atomic mass is 10.0. The zero-order chi connectivity index (χ0) is 30.3. The SMILES string of the molecule is O=C(O)N1[C@@H]2CC[C@H]1CN(c1nc(OCC(F)(F)F)nc3c(F)c(Br)c(N=C(c4ccccc4)c4ccccc4)cc13)C2. The predicted molar refractivity (Wildman–Crippen MR) is 156 cm³/mol. The number of nitrogens with zero attached hydrogens (tertiary/aromatic N) is 5. The van der Waals surface area contributed by atoms with Gasteiger partial charge in [-0.15, -0.1) is 0 Å². The molecule has 2 saturated heterocycles. The van der Waals surface area contributed by atoms with Gasteiger partial charge in [-0.1, -0.05) is 60.7 Å². The highest BCUT2D eigenvalue weighted by atomic mass is 79.9. The third kappa shape index (κ3) is 5.85. The fourth-order valence-corrected chi connectivity index (χ4v) is 6.08. The van der Waals surface area contributed by atoms with Crippen LogP contribution in [0.15, 0.2) is 76.2 Å². The summed E-state index contributed by atoms with van der Waals surface area (Å²) in [4.78, 5) is 28.2. The standard InChI is InChI=1S/C30H24BrF4N5O3/c31-23-22(36-25(17-7-3-1-4-8-17)18-9-5-2-6-10-18)13-21-26(24(23)32)37-28(43-16-30(33,34)35)38-27(21)39-14-19-11-12-20(15-39)40(19)29(41)42/h1-10,13,19-20H,11-12,14-16H2,(H,41,42)/t19-,20+. The van der Waals surface area contributed by atoms with Crippen LogP contribution in [0.1, 0.15) is 24.0 Å². The molecule has 222 valence electrons. The summed E-state index contributed by atoms with van der Waals surface area (Å²) in [6.07, 6.45) is -4.44. The van der Waals surface area contributed by atoms with Crippen molar-refractivity contribution in [1.82, 2.24) is 14.9 Å². The number of hydrogen-bond donors (Lipinski definition) is 1. The van der Waals surface area contributed by atoms with Gasteiger partial charge in [0.25, 0.3) is 0 Å². The molecule has 2 atom stereocenters. The summed E-state index contributed by atoms with van der Waals surface area (Å²) in [7, 11) is 0. The van der Waals surface area contributed by atoms with Crippen LogP contribution in [-0.4, -0.2) is 69.7 Å². The summed E-state index contributed by atoms with van der Waals surface area (Å²) in [5.41, 5.74) is 2.11. The minimum Gasteiger partial charge on any atom is -0.465 e. The smallest absolute Gasteiger partial charge is 0.422 e. The maximum absolute atomic E-state index is 16.1. The van der Waals surface area contributed by atoms with Crippen LogP contribution >= 0.6 is 15.9 Å². The van der Waals surface area contributed by atoms with Crippen molar-refractivity contribution in [3.8, 4) is 6.01 Å². The molecule has 2 aliphatic heterocycles. The van der Waals surface area contributed by atoms with Gasteiger partial charge in [-0.3, -0.25) is 4.90 Å². The van der Waals surface area contributed by atoms with E-state index in [1.807, 2.05) is 60.7 Å². The van der Waals surface area contributed by atoms with Crippen molar-refractivity contribution >= 4 is 50.1 Å². The Bertz CT molecular complexity index is 1650. The molecule has 8 nitrogen and oxygen atoms in total. The minimum absolute atomic E-state index is 0.0356. The molecular weight excluding hydrogens is 634 g/mol. The van der Waals surface area contributed by atoms with Crippen molar-refractivity contribution in [2.75, 3.05) is 24.6 Å². The van der Waals surface area contributed by atoms with Crippen molar-refractivity contribution in [1.29, 1.82) is 0 Å². The van der Waals surface area contributed by atoms with E-state index in [0.717, 1.165) is 11.1 Å². The van der Waals surface area contributed by atoms with Gasteiger partial charge >= 0.3 is 18.3 Å². The first-order valence-corrected chi connectivity index (χ1v) is 14.2. The number of rotatable bonds is 6. The lowest BCUT2D eigenvalue weighted by Crippen LogP contribution is -2.55. The van der Waals surface area contributed by atoms with E-state index in [4.69, 9.17) is 9.73 Å². The molecule has 0 spiro atoms. The molecule has 3 heterocycles. The molecule has 6 rings (SSSR count). The Hall–Kier alpha value is -4.26. The van der Waals surface area contributed by atoms with Gasteiger partial charge in [-0.2, -0.15) is 23.1 Å². The zero-order valence-electron chi connectivity index (χ0n) is 22.4. The van der Waals surface area contributed by atoms with Gasteiger partial charge in [-0.25, -0.2) is 14.2 Å². The number of aliphatic imine (C=N–C) groups is 1. The van der Waals surface area contributed by atoms with E-state index in [9.17, 15) is 23.1 Å². The third-order valence-corrected chi connectivity index (χ3v) is 8.26. The molecule has 3 aromatic carbocycles. The Kier molecular flexibility index (Phi) is 7.67. The largest absolute Gasteiger partial charge is 0.465 e. The highest BCUT2D eigenvalue weighted by Gasteiger charge is 2.43. The van der Waals surface area contributed by atoms with E-state index >= 15 is 4.39 Å². The van der Waals surface area contributed by atoms with Crippen molar-refractivity contribution in [2.45, 2.75) is 31.1 Å². The first-order valence-electron chi connectivity index (χ1n) is 13.4. The molecule has 2 fully saturated rings. The lowest BCUT2D eigenvalue weighted by molar-refractivity contribution is -0.154. The minimum atomic E-state index is -4.66. The number of carbonyl (C=O) groups is 1. The number of ether oxygens (including phenoxy) is 1. The first-order chi connectivity index (χ1) is 20.6. The van der Waals surface area contributed by atoms with Gasteiger partial charge < -0.3 is 14.7 Å². The maximum Gasteiger partial charge on any atom is 0.422 e. The number of anilines is 1. The van der Waals surface area contributed by atoms with Crippen LogP contribution in [-0.2, 0) is 0 Å². The molecule has 0 radical (unpaired) electrons. The average Bonchev–Trinajstić information content (AvgIpc) is 3.27. The van der Waals surface area contributed by atoms with Crippen LogP contribution in [0, 0.1) is 5.82 Å². The number of halogens is 5. The quantitative estimate of drug-likeness (QED) is 0.178. The fraction of sp³-hybridized carbons (Fsp3) is 0.267. The van der Waals surface area contributed by atoms with Crippen molar-refractivity contribution in [3.05, 3.63) is 88.1 Å². The van der Waals surface area contributed by atoms with Gasteiger partial charge in [-0.05, 0) is 34.8 Å². The molecule has 1 amide bonds. The zero-order valence-corrected chi connectivity index (χ0v) is 24.0. The summed E-state index contributed by atoms with van der Waals surface area (Å²) < 4.78 is 59.8. The summed E-state index contributed by atoms with van der Waals surface area (Å²) in [5, 5.41) is 9.91. The highest BCUT2D eigenvalue weighted by molar-refractivity contribution is 9.10. The van der Waals surface area contributed by atoms with Crippen molar-refractivity contribution < 1.29 is 32.2 Å². The molecule has 0 saturated carbocycles. The van der Waals surface area contributed by atoms with Gasteiger partial charge in [0, 0.05) is 29.6 Å². The Morgan fingerprint density at radius 2 is 1.58 bits per heavy atom. The number of aromatic nitrogens is 2. The van der Waals surface area contributed by atoms with E-state index < -0.39 is 30.7 Å². The second-order valence-electron chi connectivity index (χ2n) is 10.3. The molecule has 1 aromatic heterocycles. The molecule has 43 heavy (non-hydrogen) atoms. The van der Waals surface area contributed by atoms with E-state index in [0.29, 0.717) is 18.6 Å².